The normalized spacial score (nSPS) is 13.7. The van der Waals surface area contributed by atoms with Gasteiger partial charge in [-0.15, -0.1) is 0 Å². The van der Waals surface area contributed by atoms with Gasteiger partial charge in [-0.3, -0.25) is 4.79 Å². The molecule has 2 aromatic carbocycles. The Kier molecular flexibility index (Phi) is 6.20. The Morgan fingerprint density at radius 1 is 1.10 bits per heavy atom. The van der Waals surface area contributed by atoms with Crippen LogP contribution in [-0.4, -0.2) is 42.2 Å². The van der Waals surface area contributed by atoms with Crippen molar-refractivity contribution in [2.75, 3.05) is 36.5 Å². The number of nitrogens with one attached hydrogen (secondary N) is 2. The third-order valence-electron chi connectivity index (χ3n) is 4.92. The SMILES string of the molecule is CC(=O)NCc1cccc(-c2ccnc(Nc3ccc(N4CCOCC4)cc3)n2)c1. The van der Waals surface area contributed by atoms with E-state index >= 15 is 0 Å². The molecule has 7 nitrogen and oxygen atoms in total. The van der Waals surface area contributed by atoms with Gasteiger partial charge in [0, 0.05) is 49.7 Å². The first kappa shape index (κ1) is 19.8. The summed E-state index contributed by atoms with van der Waals surface area (Å²) in [5.41, 5.74) is 4.95. The van der Waals surface area contributed by atoms with E-state index < -0.39 is 0 Å². The van der Waals surface area contributed by atoms with Crippen LogP contribution >= 0.6 is 0 Å². The molecule has 0 bridgehead atoms. The Morgan fingerprint density at radius 3 is 2.67 bits per heavy atom. The van der Waals surface area contributed by atoms with E-state index in [1.165, 1.54) is 12.6 Å². The van der Waals surface area contributed by atoms with Crippen LogP contribution in [-0.2, 0) is 16.1 Å². The van der Waals surface area contributed by atoms with Gasteiger partial charge >= 0.3 is 0 Å². The summed E-state index contributed by atoms with van der Waals surface area (Å²) in [6, 6.07) is 18.1. The van der Waals surface area contributed by atoms with Gasteiger partial charge in [-0.25, -0.2) is 9.97 Å². The first-order chi connectivity index (χ1) is 14.7. The molecule has 1 aliphatic heterocycles. The number of benzene rings is 2. The molecule has 2 N–H and O–H groups in total. The standard InChI is InChI=1S/C23H25N5O2/c1-17(29)25-16-18-3-2-4-19(15-18)22-9-10-24-23(27-22)26-20-5-7-21(8-6-20)28-11-13-30-14-12-28/h2-10,15H,11-14,16H2,1H3,(H,25,29)(H,24,26,27). The first-order valence-electron chi connectivity index (χ1n) is 10.0. The number of rotatable bonds is 6. The first-order valence-corrected chi connectivity index (χ1v) is 10.0. The van der Waals surface area contributed by atoms with Crippen molar-refractivity contribution in [3.63, 3.8) is 0 Å². The zero-order valence-corrected chi connectivity index (χ0v) is 17.0. The van der Waals surface area contributed by atoms with Crippen LogP contribution in [0, 0.1) is 0 Å². The summed E-state index contributed by atoms with van der Waals surface area (Å²) in [6.07, 6.45) is 1.74. The molecule has 0 aliphatic carbocycles. The lowest BCUT2D eigenvalue weighted by molar-refractivity contribution is -0.119. The summed E-state index contributed by atoms with van der Waals surface area (Å²) in [5.74, 6) is 0.493. The summed E-state index contributed by atoms with van der Waals surface area (Å²) < 4.78 is 5.41. The van der Waals surface area contributed by atoms with Crippen molar-refractivity contribution in [1.82, 2.24) is 15.3 Å². The summed E-state index contributed by atoms with van der Waals surface area (Å²) >= 11 is 0. The van der Waals surface area contributed by atoms with Gasteiger partial charge < -0.3 is 20.3 Å². The Bertz CT molecular complexity index is 1000. The molecular weight excluding hydrogens is 378 g/mol. The van der Waals surface area contributed by atoms with Gasteiger partial charge in [0.1, 0.15) is 0 Å². The molecule has 0 unspecified atom stereocenters. The highest BCUT2D eigenvalue weighted by molar-refractivity contribution is 5.73. The fraction of sp³-hybridized carbons (Fsp3) is 0.261. The van der Waals surface area contributed by atoms with Crippen LogP contribution in [0.3, 0.4) is 0 Å². The highest BCUT2D eigenvalue weighted by atomic mass is 16.5. The minimum atomic E-state index is -0.0476. The second-order valence-corrected chi connectivity index (χ2v) is 7.15. The van der Waals surface area contributed by atoms with Gasteiger partial charge in [-0.05, 0) is 42.0 Å². The summed E-state index contributed by atoms with van der Waals surface area (Å²) in [4.78, 5) is 22.5. The number of carbonyl (C=O) groups excluding carboxylic acids is 1. The highest BCUT2D eigenvalue weighted by Crippen LogP contribution is 2.23. The molecule has 154 valence electrons. The zero-order valence-electron chi connectivity index (χ0n) is 17.0. The Morgan fingerprint density at radius 2 is 1.90 bits per heavy atom. The molecule has 30 heavy (non-hydrogen) atoms. The molecule has 0 saturated carbocycles. The fourth-order valence-electron chi connectivity index (χ4n) is 3.35. The van der Waals surface area contributed by atoms with Crippen LogP contribution in [0.1, 0.15) is 12.5 Å². The lowest BCUT2D eigenvalue weighted by Gasteiger charge is -2.28. The molecular formula is C23H25N5O2. The van der Waals surface area contributed by atoms with E-state index in [0.717, 1.165) is 48.8 Å². The largest absolute Gasteiger partial charge is 0.378 e. The average Bonchev–Trinajstić information content (AvgIpc) is 2.79. The van der Waals surface area contributed by atoms with Crippen molar-refractivity contribution in [3.8, 4) is 11.3 Å². The van der Waals surface area contributed by atoms with E-state index in [1.54, 1.807) is 6.20 Å². The van der Waals surface area contributed by atoms with E-state index in [0.29, 0.717) is 12.5 Å². The van der Waals surface area contributed by atoms with Crippen molar-refractivity contribution >= 4 is 23.2 Å². The maximum absolute atomic E-state index is 11.2. The molecule has 4 rings (SSSR count). The molecule has 7 heteroatoms. The smallest absolute Gasteiger partial charge is 0.227 e. The Hall–Kier alpha value is -3.45. The van der Waals surface area contributed by atoms with E-state index in [-0.39, 0.29) is 5.91 Å². The topological polar surface area (TPSA) is 79.4 Å². The second kappa shape index (κ2) is 9.37. The van der Waals surface area contributed by atoms with Crippen molar-refractivity contribution in [1.29, 1.82) is 0 Å². The number of morpholine rings is 1. The third kappa shape index (κ3) is 5.12. The lowest BCUT2D eigenvalue weighted by atomic mass is 10.1. The number of carbonyl (C=O) groups is 1. The average molecular weight is 403 g/mol. The number of ether oxygens (including phenoxy) is 1. The number of nitrogens with zero attached hydrogens (tertiary/aromatic N) is 3. The number of anilines is 3. The molecule has 1 amide bonds. The minimum absolute atomic E-state index is 0.0476. The second-order valence-electron chi connectivity index (χ2n) is 7.15. The molecule has 1 saturated heterocycles. The van der Waals surface area contributed by atoms with Crippen molar-refractivity contribution in [2.45, 2.75) is 13.5 Å². The van der Waals surface area contributed by atoms with E-state index in [4.69, 9.17) is 4.74 Å². The molecule has 0 spiro atoms. The van der Waals surface area contributed by atoms with Gasteiger partial charge in [-0.1, -0.05) is 18.2 Å². The molecule has 3 aromatic rings. The summed E-state index contributed by atoms with van der Waals surface area (Å²) in [7, 11) is 0. The molecule has 0 radical (unpaired) electrons. The summed E-state index contributed by atoms with van der Waals surface area (Å²) in [6.45, 7) is 5.38. The Labute approximate surface area is 176 Å². The maximum Gasteiger partial charge on any atom is 0.227 e. The predicted octanol–water partition coefficient (Wildman–Crippen LogP) is 3.36. The van der Waals surface area contributed by atoms with Crippen LogP contribution in [0.2, 0.25) is 0 Å². The maximum atomic E-state index is 11.2. The number of hydrogen-bond acceptors (Lipinski definition) is 6. The van der Waals surface area contributed by atoms with Crippen LogP contribution < -0.4 is 15.5 Å². The highest BCUT2D eigenvalue weighted by Gasteiger charge is 2.11. The molecule has 1 aliphatic rings. The van der Waals surface area contributed by atoms with Crippen LogP contribution in [0.5, 0.6) is 0 Å². The lowest BCUT2D eigenvalue weighted by Crippen LogP contribution is -2.36. The molecule has 2 heterocycles. The quantitative estimate of drug-likeness (QED) is 0.657. The number of amides is 1. The van der Waals surface area contributed by atoms with Crippen LogP contribution in [0.15, 0.2) is 60.8 Å². The van der Waals surface area contributed by atoms with Gasteiger partial charge in [-0.2, -0.15) is 0 Å². The number of aromatic nitrogens is 2. The van der Waals surface area contributed by atoms with E-state index in [9.17, 15) is 4.79 Å². The monoisotopic (exact) mass is 403 g/mol. The van der Waals surface area contributed by atoms with Gasteiger partial charge in [0.2, 0.25) is 11.9 Å². The van der Waals surface area contributed by atoms with Crippen molar-refractivity contribution in [3.05, 3.63) is 66.4 Å². The zero-order chi connectivity index (χ0) is 20.8. The number of hydrogen-bond donors (Lipinski definition) is 2. The van der Waals surface area contributed by atoms with Gasteiger partial charge in [0.05, 0.1) is 18.9 Å². The van der Waals surface area contributed by atoms with Gasteiger partial charge in [0.15, 0.2) is 0 Å². The van der Waals surface area contributed by atoms with Crippen molar-refractivity contribution in [2.24, 2.45) is 0 Å². The predicted molar refractivity (Wildman–Crippen MR) is 118 cm³/mol. The molecule has 1 fully saturated rings. The van der Waals surface area contributed by atoms with Crippen LogP contribution in [0.4, 0.5) is 17.3 Å². The third-order valence-corrected chi connectivity index (χ3v) is 4.92. The van der Waals surface area contributed by atoms with Gasteiger partial charge in [0.25, 0.3) is 0 Å². The van der Waals surface area contributed by atoms with E-state index in [1.807, 2.05) is 42.5 Å². The molecule has 0 atom stereocenters. The van der Waals surface area contributed by atoms with E-state index in [2.05, 4.69) is 37.6 Å². The summed E-state index contributed by atoms with van der Waals surface area (Å²) in [5, 5.41) is 6.09. The fourth-order valence-corrected chi connectivity index (χ4v) is 3.35. The van der Waals surface area contributed by atoms with Crippen LogP contribution in [0.25, 0.3) is 11.3 Å². The molecule has 1 aromatic heterocycles. The minimum Gasteiger partial charge on any atom is -0.378 e. The Balaban J connectivity index is 1.46. The van der Waals surface area contributed by atoms with Crippen molar-refractivity contribution < 1.29 is 9.53 Å².